The maximum Gasteiger partial charge on any atom is 0.232 e. The monoisotopic (exact) mass is 361 g/mol. The van der Waals surface area contributed by atoms with Gasteiger partial charge in [-0.1, -0.05) is 52.5 Å². The Kier molecular flexibility index (Phi) is 4.43. The van der Waals surface area contributed by atoms with Crippen molar-refractivity contribution in [3.05, 3.63) is 40.5 Å². The zero-order valence-corrected chi connectivity index (χ0v) is 13.1. The number of hydrogen-bond donors (Lipinski definition) is 0. The van der Waals surface area contributed by atoms with Crippen LogP contribution >= 0.6 is 69.6 Å². The zero-order valence-electron chi connectivity index (χ0n) is 8.60. The number of aromatic nitrogens is 1. The Morgan fingerprint density at radius 3 is 2.28 bits per heavy atom. The van der Waals surface area contributed by atoms with Crippen LogP contribution in [0.3, 0.4) is 0 Å². The van der Waals surface area contributed by atoms with Crippen LogP contribution < -0.4 is 0 Å². The first-order valence-electron chi connectivity index (χ1n) is 4.74. The fourth-order valence-electron chi connectivity index (χ4n) is 1.48. The molecule has 0 saturated carbocycles. The first kappa shape index (κ1) is 14.8. The van der Waals surface area contributed by atoms with Gasteiger partial charge in [0.05, 0.1) is 16.2 Å². The van der Waals surface area contributed by atoms with Crippen LogP contribution in [0.4, 0.5) is 0 Å². The molecule has 18 heavy (non-hydrogen) atoms. The fourth-order valence-corrected chi connectivity index (χ4v) is 2.30. The van der Waals surface area contributed by atoms with E-state index in [4.69, 9.17) is 69.6 Å². The van der Waals surface area contributed by atoms with Crippen LogP contribution in [0.25, 0.3) is 10.9 Å². The molecule has 2 rings (SSSR count). The number of rotatable bonds is 1. The quantitative estimate of drug-likeness (QED) is 0.550. The molecule has 0 amide bonds. The molecule has 0 bridgehead atoms. The predicted molar refractivity (Wildman–Crippen MR) is 80.4 cm³/mol. The summed E-state index contributed by atoms with van der Waals surface area (Å²) < 4.78 is -1.61. The van der Waals surface area contributed by atoms with Gasteiger partial charge >= 0.3 is 0 Å². The Bertz CT molecular complexity index is 590. The van der Waals surface area contributed by atoms with E-state index in [-0.39, 0.29) is 5.69 Å². The van der Waals surface area contributed by atoms with E-state index < -0.39 is 8.63 Å². The smallest absolute Gasteiger partial charge is 0.232 e. The highest BCUT2D eigenvalue weighted by atomic mass is 35.6. The Balaban J connectivity index is 2.66. The molecular formula is C11H5Cl6N. The molecule has 2 aromatic rings. The SMILES string of the molecule is Clc1cc(C(Cl)(Cl)Cl)nc2ccc(C(Cl)Cl)cc12. The molecule has 0 saturated heterocycles. The topological polar surface area (TPSA) is 12.9 Å². The highest BCUT2D eigenvalue weighted by molar-refractivity contribution is 6.66. The summed E-state index contributed by atoms with van der Waals surface area (Å²) in [6.07, 6.45) is 0. The molecule has 96 valence electrons. The Morgan fingerprint density at radius 1 is 1.06 bits per heavy atom. The summed E-state index contributed by atoms with van der Waals surface area (Å²) in [4.78, 5) is 3.61. The van der Waals surface area contributed by atoms with E-state index in [1.165, 1.54) is 6.07 Å². The molecular weight excluding hydrogens is 359 g/mol. The summed E-state index contributed by atoms with van der Waals surface area (Å²) in [6.45, 7) is 0. The first-order valence-corrected chi connectivity index (χ1v) is 7.13. The van der Waals surface area contributed by atoms with Crippen molar-refractivity contribution in [2.24, 2.45) is 0 Å². The van der Waals surface area contributed by atoms with Crippen molar-refractivity contribution in [2.45, 2.75) is 8.63 Å². The van der Waals surface area contributed by atoms with E-state index in [0.717, 1.165) is 5.56 Å². The van der Waals surface area contributed by atoms with E-state index in [0.29, 0.717) is 15.9 Å². The average Bonchev–Trinajstić information content (AvgIpc) is 2.27. The summed E-state index contributed by atoms with van der Waals surface area (Å²) in [6, 6.07) is 6.75. The van der Waals surface area contributed by atoms with Crippen molar-refractivity contribution in [1.82, 2.24) is 4.98 Å². The van der Waals surface area contributed by atoms with Crippen LogP contribution in [0.5, 0.6) is 0 Å². The van der Waals surface area contributed by atoms with Gasteiger partial charge in [-0.2, -0.15) is 0 Å². The van der Waals surface area contributed by atoms with E-state index in [2.05, 4.69) is 4.98 Å². The summed E-state index contributed by atoms with van der Waals surface area (Å²) in [7, 11) is 0. The van der Waals surface area contributed by atoms with Crippen molar-refractivity contribution in [3.8, 4) is 0 Å². The molecule has 0 aliphatic rings. The highest BCUT2D eigenvalue weighted by Crippen LogP contribution is 2.40. The fraction of sp³-hybridized carbons (Fsp3) is 0.182. The standard InChI is InChI=1S/C11H5Cl6N/c12-7-4-9(11(15,16)17)18-8-2-1-5(10(13)14)3-6(7)8/h1-4,10H. The lowest BCUT2D eigenvalue weighted by Crippen LogP contribution is -2.03. The number of nitrogens with zero attached hydrogens (tertiary/aromatic N) is 1. The van der Waals surface area contributed by atoms with Crippen molar-refractivity contribution in [2.75, 3.05) is 0 Å². The van der Waals surface area contributed by atoms with Gasteiger partial charge in [0.15, 0.2) is 0 Å². The molecule has 0 fully saturated rings. The van der Waals surface area contributed by atoms with Gasteiger partial charge in [0, 0.05) is 5.39 Å². The van der Waals surface area contributed by atoms with Gasteiger partial charge in [-0.3, -0.25) is 0 Å². The van der Waals surface area contributed by atoms with E-state index >= 15 is 0 Å². The van der Waals surface area contributed by atoms with E-state index in [1.807, 2.05) is 0 Å². The summed E-state index contributed by atoms with van der Waals surface area (Å²) in [5, 5.41) is 1.13. The lowest BCUT2D eigenvalue weighted by atomic mass is 10.1. The van der Waals surface area contributed by atoms with Gasteiger partial charge in [-0.25, -0.2) is 4.98 Å². The summed E-state index contributed by atoms with van der Waals surface area (Å²) in [5.74, 6) is 0. The zero-order chi connectivity index (χ0) is 13.5. The highest BCUT2D eigenvalue weighted by Gasteiger charge is 2.25. The number of halogens is 6. The van der Waals surface area contributed by atoms with Gasteiger partial charge in [-0.05, 0) is 23.8 Å². The van der Waals surface area contributed by atoms with Crippen LogP contribution in [0, 0.1) is 0 Å². The third-order valence-electron chi connectivity index (χ3n) is 2.32. The number of pyridine rings is 1. The largest absolute Gasteiger partial charge is 0.248 e. The molecule has 0 spiro atoms. The summed E-state index contributed by atoms with van der Waals surface area (Å²) in [5.41, 5.74) is 1.61. The Hall–Kier alpha value is 0.370. The van der Waals surface area contributed by atoms with Crippen molar-refractivity contribution >= 4 is 80.5 Å². The van der Waals surface area contributed by atoms with Crippen molar-refractivity contribution in [3.63, 3.8) is 0 Å². The second-order valence-electron chi connectivity index (χ2n) is 3.56. The lowest BCUT2D eigenvalue weighted by molar-refractivity contribution is 1.12. The molecule has 0 radical (unpaired) electrons. The molecule has 1 nitrogen and oxygen atoms in total. The maximum absolute atomic E-state index is 6.14. The predicted octanol–water partition coefficient (Wildman–Crippen LogP) is 6.19. The summed E-state index contributed by atoms with van der Waals surface area (Å²) >= 11 is 35.1. The molecule has 0 atom stereocenters. The minimum Gasteiger partial charge on any atom is -0.248 e. The lowest BCUT2D eigenvalue weighted by Gasteiger charge is -2.12. The maximum atomic E-state index is 6.14. The minimum atomic E-state index is -1.61. The minimum absolute atomic E-state index is 0.269. The van der Waals surface area contributed by atoms with Gasteiger partial charge < -0.3 is 0 Å². The van der Waals surface area contributed by atoms with Crippen LogP contribution in [-0.4, -0.2) is 4.98 Å². The third-order valence-corrected chi connectivity index (χ3v) is 3.72. The average molecular weight is 364 g/mol. The normalized spacial score (nSPS) is 12.4. The second-order valence-corrected chi connectivity index (χ2v) is 7.35. The number of fused-ring (bicyclic) bond motifs is 1. The van der Waals surface area contributed by atoms with Crippen LogP contribution in [0.1, 0.15) is 16.1 Å². The Morgan fingerprint density at radius 2 is 1.72 bits per heavy atom. The van der Waals surface area contributed by atoms with Crippen molar-refractivity contribution in [1.29, 1.82) is 0 Å². The molecule has 0 aliphatic carbocycles. The molecule has 7 heteroatoms. The molecule has 1 heterocycles. The molecule has 0 N–H and O–H groups in total. The molecule has 0 unspecified atom stereocenters. The molecule has 0 aliphatic heterocycles. The van der Waals surface area contributed by atoms with E-state index in [9.17, 15) is 0 Å². The number of benzene rings is 1. The molecule has 1 aromatic heterocycles. The molecule has 1 aromatic carbocycles. The number of hydrogen-bond acceptors (Lipinski definition) is 1. The second kappa shape index (κ2) is 5.40. The van der Waals surface area contributed by atoms with Gasteiger partial charge in [0.1, 0.15) is 4.84 Å². The van der Waals surface area contributed by atoms with Gasteiger partial charge in [-0.15, -0.1) is 23.2 Å². The number of alkyl halides is 5. The van der Waals surface area contributed by atoms with Crippen LogP contribution in [0.15, 0.2) is 24.3 Å². The first-order chi connectivity index (χ1) is 8.29. The van der Waals surface area contributed by atoms with Gasteiger partial charge in [0.25, 0.3) is 0 Å². The third kappa shape index (κ3) is 3.09. The Labute approximate surface area is 134 Å². The van der Waals surface area contributed by atoms with Crippen LogP contribution in [0.2, 0.25) is 5.02 Å². The van der Waals surface area contributed by atoms with Crippen LogP contribution in [-0.2, 0) is 3.79 Å². The van der Waals surface area contributed by atoms with E-state index in [1.54, 1.807) is 18.2 Å². The van der Waals surface area contributed by atoms with Crippen molar-refractivity contribution < 1.29 is 0 Å². The van der Waals surface area contributed by atoms with Gasteiger partial charge in [0.2, 0.25) is 3.79 Å².